The molecule has 0 nitrogen and oxygen atoms in total. The van der Waals surface area contributed by atoms with Crippen LogP contribution >= 0.6 is 0 Å². The van der Waals surface area contributed by atoms with Crippen molar-refractivity contribution >= 4 is 11.1 Å². The van der Waals surface area contributed by atoms with Crippen LogP contribution in [0, 0.1) is 0 Å². The molecule has 0 aliphatic heterocycles. The SMILES string of the molecule is CC(C)(C)c1ccc(/C(=C/C=C(\c2ccccc2)c2ccc(C(C)(C)C)cc2)c2ccccc2)cc1. The predicted octanol–water partition coefficient (Wildman–Crippen LogP) is 9.85. The van der Waals surface area contributed by atoms with Crippen molar-refractivity contribution < 1.29 is 0 Å². The zero-order valence-corrected chi connectivity index (χ0v) is 22.5. The van der Waals surface area contributed by atoms with Gasteiger partial charge in [0.2, 0.25) is 0 Å². The van der Waals surface area contributed by atoms with Crippen molar-refractivity contribution in [3.63, 3.8) is 0 Å². The van der Waals surface area contributed by atoms with E-state index in [1.54, 1.807) is 0 Å². The fourth-order valence-electron chi connectivity index (χ4n) is 4.42. The first-order valence-corrected chi connectivity index (χ1v) is 12.9. The molecule has 0 heterocycles. The summed E-state index contributed by atoms with van der Waals surface area (Å²) in [5, 5.41) is 0. The van der Waals surface area contributed by atoms with Crippen LogP contribution in [0.4, 0.5) is 0 Å². The molecule has 0 aromatic heterocycles. The third-order valence-corrected chi connectivity index (χ3v) is 6.71. The summed E-state index contributed by atoms with van der Waals surface area (Å²) in [4.78, 5) is 0. The Labute approximate surface area is 218 Å². The Morgan fingerprint density at radius 3 is 0.944 bits per heavy atom. The van der Waals surface area contributed by atoms with Crippen LogP contribution < -0.4 is 0 Å². The van der Waals surface area contributed by atoms with Crippen molar-refractivity contribution in [3.8, 4) is 0 Å². The van der Waals surface area contributed by atoms with Gasteiger partial charge in [-0.15, -0.1) is 0 Å². The van der Waals surface area contributed by atoms with Crippen LogP contribution in [0.15, 0.2) is 121 Å². The van der Waals surface area contributed by atoms with E-state index < -0.39 is 0 Å². The molecule has 0 N–H and O–H groups in total. The number of hydrogen-bond acceptors (Lipinski definition) is 0. The van der Waals surface area contributed by atoms with Gasteiger partial charge in [-0.05, 0) is 55.4 Å². The Bertz CT molecular complexity index is 1210. The summed E-state index contributed by atoms with van der Waals surface area (Å²) in [6.45, 7) is 13.6. The summed E-state index contributed by atoms with van der Waals surface area (Å²) in [6, 6.07) is 39.4. The van der Waals surface area contributed by atoms with Crippen molar-refractivity contribution in [1.82, 2.24) is 0 Å². The summed E-state index contributed by atoms with van der Waals surface area (Å²) in [5.74, 6) is 0. The van der Waals surface area contributed by atoms with Gasteiger partial charge in [0.1, 0.15) is 0 Å². The zero-order chi connectivity index (χ0) is 25.8. The fraction of sp³-hybridized carbons (Fsp3) is 0.222. The Kier molecular flexibility index (Phi) is 7.45. The highest BCUT2D eigenvalue weighted by molar-refractivity contribution is 5.86. The largest absolute Gasteiger partial charge is 0.0622 e. The minimum absolute atomic E-state index is 0.134. The molecule has 0 aliphatic carbocycles. The van der Waals surface area contributed by atoms with Crippen molar-refractivity contribution in [2.75, 3.05) is 0 Å². The maximum Gasteiger partial charge on any atom is -0.0111 e. The number of benzene rings is 4. The molecule has 0 aliphatic rings. The second kappa shape index (κ2) is 10.5. The minimum atomic E-state index is 0.134. The normalized spacial score (nSPS) is 13.1. The fourth-order valence-corrected chi connectivity index (χ4v) is 4.42. The average molecular weight is 471 g/mol. The van der Waals surface area contributed by atoms with E-state index >= 15 is 0 Å². The molecule has 0 unspecified atom stereocenters. The molecule has 4 aromatic rings. The van der Waals surface area contributed by atoms with E-state index in [2.05, 4.69) is 163 Å². The van der Waals surface area contributed by atoms with Crippen LogP contribution in [0.2, 0.25) is 0 Å². The van der Waals surface area contributed by atoms with Crippen LogP contribution in [-0.2, 0) is 10.8 Å². The molecule has 182 valence electrons. The summed E-state index contributed by atoms with van der Waals surface area (Å²) < 4.78 is 0. The summed E-state index contributed by atoms with van der Waals surface area (Å²) >= 11 is 0. The molecule has 36 heavy (non-hydrogen) atoms. The lowest BCUT2D eigenvalue weighted by Gasteiger charge is -2.20. The van der Waals surface area contributed by atoms with Gasteiger partial charge in [-0.2, -0.15) is 0 Å². The molecule has 0 heteroatoms. The van der Waals surface area contributed by atoms with E-state index in [1.165, 1.54) is 44.5 Å². The molecule has 0 saturated heterocycles. The van der Waals surface area contributed by atoms with Gasteiger partial charge in [0, 0.05) is 0 Å². The van der Waals surface area contributed by atoms with Gasteiger partial charge in [-0.25, -0.2) is 0 Å². The molecule has 0 radical (unpaired) electrons. The molecule has 0 fully saturated rings. The number of rotatable bonds is 5. The van der Waals surface area contributed by atoms with Crippen LogP contribution in [-0.4, -0.2) is 0 Å². The molecular formula is C36H38. The first kappa shape index (κ1) is 25.5. The summed E-state index contributed by atoms with van der Waals surface area (Å²) in [5.41, 5.74) is 10.3. The maximum absolute atomic E-state index is 2.28. The quantitative estimate of drug-likeness (QED) is 0.255. The van der Waals surface area contributed by atoms with E-state index in [9.17, 15) is 0 Å². The van der Waals surface area contributed by atoms with Crippen LogP contribution in [0.1, 0.15) is 74.9 Å². The highest BCUT2D eigenvalue weighted by Gasteiger charge is 2.15. The van der Waals surface area contributed by atoms with Crippen molar-refractivity contribution in [2.45, 2.75) is 52.4 Å². The van der Waals surface area contributed by atoms with Crippen LogP contribution in [0.3, 0.4) is 0 Å². The van der Waals surface area contributed by atoms with E-state index in [0.717, 1.165) is 0 Å². The van der Waals surface area contributed by atoms with Gasteiger partial charge in [0.25, 0.3) is 0 Å². The van der Waals surface area contributed by atoms with Crippen LogP contribution in [0.25, 0.3) is 11.1 Å². The van der Waals surface area contributed by atoms with Crippen LogP contribution in [0.5, 0.6) is 0 Å². The highest BCUT2D eigenvalue weighted by Crippen LogP contribution is 2.31. The van der Waals surface area contributed by atoms with E-state index in [0.29, 0.717) is 0 Å². The second-order valence-electron chi connectivity index (χ2n) is 11.5. The predicted molar refractivity (Wildman–Crippen MR) is 157 cm³/mol. The first-order chi connectivity index (χ1) is 17.1. The third-order valence-electron chi connectivity index (χ3n) is 6.71. The van der Waals surface area contributed by atoms with Gasteiger partial charge >= 0.3 is 0 Å². The molecule has 0 saturated carbocycles. The Balaban J connectivity index is 1.84. The zero-order valence-electron chi connectivity index (χ0n) is 22.5. The lowest BCUT2D eigenvalue weighted by atomic mass is 9.85. The van der Waals surface area contributed by atoms with Crippen molar-refractivity contribution in [2.24, 2.45) is 0 Å². The van der Waals surface area contributed by atoms with Crippen molar-refractivity contribution in [3.05, 3.63) is 155 Å². The van der Waals surface area contributed by atoms with E-state index in [-0.39, 0.29) is 10.8 Å². The smallest absolute Gasteiger partial charge is 0.0111 e. The second-order valence-corrected chi connectivity index (χ2v) is 11.5. The summed E-state index contributed by atoms with van der Waals surface area (Å²) in [6.07, 6.45) is 4.56. The molecule has 0 spiro atoms. The topological polar surface area (TPSA) is 0 Å². The van der Waals surface area contributed by atoms with Gasteiger partial charge in [-0.3, -0.25) is 0 Å². The Morgan fingerprint density at radius 1 is 0.389 bits per heavy atom. The highest BCUT2D eigenvalue weighted by atomic mass is 14.2. The molecule has 0 amide bonds. The van der Waals surface area contributed by atoms with E-state index in [1.807, 2.05) is 0 Å². The number of allylic oxidation sites excluding steroid dienone is 2. The average Bonchev–Trinajstić information content (AvgIpc) is 2.87. The van der Waals surface area contributed by atoms with Gasteiger partial charge in [-0.1, -0.05) is 163 Å². The molecule has 0 atom stereocenters. The Morgan fingerprint density at radius 2 is 0.667 bits per heavy atom. The van der Waals surface area contributed by atoms with Gasteiger partial charge < -0.3 is 0 Å². The lowest BCUT2D eigenvalue weighted by molar-refractivity contribution is 0.590. The summed E-state index contributed by atoms with van der Waals surface area (Å²) in [7, 11) is 0. The molecule has 4 rings (SSSR count). The molecular weight excluding hydrogens is 432 g/mol. The van der Waals surface area contributed by atoms with Gasteiger partial charge in [0.05, 0.1) is 0 Å². The minimum Gasteiger partial charge on any atom is -0.0622 e. The first-order valence-electron chi connectivity index (χ1n) is 12.9. The van der Waals surface area contributed by atoms with Gasteiger partial charge in [0.15, 0.2) is 0 Å². The maximum atomic E-state index is 2.28. The Hall–Kier alpha value is -3.64. The monoisotopic (exact) mass is 470 g/mol. The van der Waals surface area contributed by atoms with E-state index in [4.69, 9.17) is 0 Å². The third kappa shape index (κ3) is 6.13. The molecule has 4 aromatic carbocycles. The standard InChI is InChI=1S/C36H38/c1-35(2,3)31-21-17-29(18-22-31)33(27-13-9-7-10-14-27)25-26-34(28-15-11-8-12-16-28)30-19-23-32(24-20-30)36(4,5)6/h7-26H,1-6H3/b33-25+,34-26+. The number of hydrogen-bond donors (Lipinski definition) is 0. The molecule has 0 bridgehead atoms. The lowest BCUT2D eigenvalue weighted by Crippen LogP contribution is -2.10. The van der Waals surface area contributed by atoms with Crippen molar-refractivity contribution in [1.29, 1.82) is 0 Å².